The fraction of sp³-hybridized carbons (Fsp3) is 0.600. The molecule has 100 valence electrons. The molecule has 3 heteroatoms. The first kappa shape index (κ1) is 13.9. The van der Waals surface area contributed by atoms with E-state index in [0.29, 0.717) is 6.04 Å². The minimum absolute atomic E-state index is 0.457. The predicted molar refractivity (Wildman–Crippen MR) is 79.3 cm³/mol. The molecule has 0 saturated carbocycles. The van der Waals surface area contributed by atoms with Gasteiger partial charge in [0.1, 0.15) is 0 Å². The number of hydrogen-bond acceptors (Lipinski definition) is 3. The molecule has 1 unspecified atom stereocenters. The second kappa shape index (κ2) is 7.17. The molecule has 0 radical (unpaired) electrons. The van der Waals surface area contributed by atoms with Gasteiger partial charge in [0.15, 0.2) is 0 Å². The molecule has 18 heavy (non-hydrogen) atoms. The van der Waals surface area contributed by atoms with Crippen molar-refractivity contribution in [2.75, 3.05) is 26.0 Å². The molecular weight excluding hydrogens is 242 g/mol. The number of benzene rings is 1. The zero-order valence-electron chi connectivity index (χ0n) is 11.3. The number of rotatable bonds is 5. The molecule has 1 fully saturated rings. The van der Waals surface area contributed by atoms with Crippen LogP contribution >= 0.6 is 11.8 Å². The highest BCUT2D eigenvalue weighted by molar-refractivity contribution is 7.99. The minimum Gasteiger partial charge on any atom is -0.381 e. The Morgan fingerprint density at radius 3 is 2.72 bits per heavy atom. The SMILES string of the molecule is CNC(CSC1CCOCC1)c1ccccc1C. The summed E-state index contributed by atoms with van der Waals surface area (Å²) in [4.78, 5) is 0. The van der Waals surface area contributed by atoms with Crippen LogP contribution in [0.2, 0.25) is 0 Å². The Morgan fingerprint density at radius 2 is 2.06 bits per heavy atom. The first-order valence-corrected chi connectivity index (χ1v) is 7.78. The number of nitrogens with one attached hydrogen (secondary N) is 1. The standard InChI is InChI=1S/C15H23NOS/c1-12-5-3-4-6-14(12)15(16-2)11-18-13-7-9-17-10-8-13/h3-6,13,15-16H,7-11H2,1-2H3. The van der Waals surface area contributed by atoms with Crippen molar-refractivity contribution in [3.8, 4) is 0 Å². The third-order valence-corrected chi connectivity index (χ3v) is 5.05. The fourth-order valence-corrected chi connectivity index (χ4v) is 3.72. The van der Waals surface area contributed by atoms with Gasteiger partial charge < -0.3 is 10.1 Å². The van der Waals surface area contributed by atoms with Gasteiger partial charge in [-0.2, -0.15) is 11.8 Å². The van der Waals surface area contributed by atoms with E-state index in [2.05, 4.69) is 55.3 Å². The Balaban J connectivity index is 1.91. The van der Waals surface area contributed by atoms with E-state index in [-0.39, 0.29) is 0 Å². The van der Waals surface area contributed by atoms with Crippen LogP contribution in [0.15, 0.2) is 24.3 Å². The Kier molecular flexibility index (Phi) is 5.54. The highest BCUT2D eigenvalue weighted by Crippen LogP contribution is 2.27. The Bertz CT molecular complexity index is 363. The van der Waals surface area contributed by atoms with Crippen molar-refractivity contribution < 1.29 is 4.74 Å². The molecule has 1 aliphatic heterocycles. The van der Waals surface area contributed by atoms with E-state index in [1.54, 1.807) is 0 Å². The number of aryl methyl sites for hydroxylation is 1. The number of ether oxygens (including phenoxy) is 1. The van der Waals surface area contributed by atoms with E-state index in [1.807, 2.05) is 0 Å². The van der Waals surface area contributed by atoms with Crippen molar-refractivity contribution >= 4 is 11.8 Å². The lowest BCUT2D eigenvalue weighted by molar-refractivity contribution is 0.1000. The van der Waals surface area contributed by atoms with Crippen molar-refractivity contribution in [1.29, 1.82) is 0 Å². The van der Waals surface area contributed by atoms with Crippen molar-refractivity contribution in [2.24, 2.45) is 0 Å². The average molecular weight is 265 g/mol. The van der Waals surface area contributed by atoms with Crippen molar-refractivity contribution in [2.45, 2.75) is 31.1 Å². The molecule has 0 amide bonds. The van der Waals surface area contributed by atoms with Crippen LogP contribution in [0.4, 0.5) is 0 Å². The maximum atomic E-state index is 5.41. The zero-order chi connectivity index (χ0) is 12.8. The fourth-order valence-electron chi connectivity index (χ4n) is 2.38. The highest BCUT2D eigenvalue weighted by Gasteiger charge is 2.17. The zero-order valence-corrected chi connectivity index (χ0v) is 12.1. The molecule has 0 bridgehead atoms. The quantitative estimate of drug-likeness (QED) is 0.883. The maximum absolute atomic E-state index is 5.41. The van der Waals surface area contributed by atoms with Gasteiger partial charge in [-0.05, 0) is 37.9 Å². The van der Waals surface area contributed by atoms with Gasteiger partial charge in [-0.15, -0.1) is 0 Å². The molecule has 2 nitrogen and oxygen atoms in total. The maximum Gasteiger partial charge on any atom is 0.0476 e. The van der Waals surface area contributed by atoms with Crippen LogP contribution in [0.3, 0.4) is 0 Å². The van der Waals surface area contributed by atoms with Crippen LogP contribution in [-0.4, -0.2) is 31.3 Å². The van der Waals surface area contributed by atoms with Crippen LogP contribution in [0.25, 0.3) is 0 Å². The number of thioether (sulfide) groups is 1. The average Bonchev–Trinajstić information content (AvgIpc) is 2.42. The lowest BCUT2D eigenvalue weighted by Gasteiger charge is -2.25. The third-order valence-electron chi connectivity index (χ3n) is 3.58. The van der Waals surface area contributed by atoms with Gasteiger partial charge in [-0.25, -0.2) is 0 Å². The van der Waals surface area contributed by atoms with Crippen LogP contribution < -0.4 is 5.32 Å². The molecule has 0 aromatic heterocycles. The molecule has 0 aliphatic carbocycles. The van der Waals surface area contributed by atoms with Gasteiger partial charge in [-0.3, -0.25) is 0 Å². The molecule has 1 atom stereocenters. The molecule has 1 aliphatic rings. The van der Waals surface area contributed by atoms with Crippen molar-refractivity contribution in [3.05, 3.63) is 35.4 Å². The summed E-state index contributed by atoms with van der Waals surface area (Å²) in [6.45, 7) is 4.07. The highest BCUT2D eigenvalue weighted by atomic mass is 32.2. The van der Waals surface area contributed by atoms with Crippen LogP contribution in [-0.2, 0) is 4.74 Å². The van der Waals surface area contributed by atoms with Gasteiger partial charge in [0, 0.05) is 30.3 Å². The lowest BCUT2D eigenvalue weighted by atomic mass is 10.0. The normalized spacial score (nSPS) is 18.8. The van der Waals surface area contributed by atoms with Gasteiger partial charge in [0.05, 0.1) is 0 Å². The van der Waals surface area contributed by atoms with E-state index < -0.39 is 0 Å². The van der Waals surface area contributed by atoms with Gasteiger partial charge in [-0.1, -0.05) is 24.3 Å². The molecule has 2 rings (SSSR count). The van der Waals surface area contributed by atoms with Gasteiger partial charge >= 0.3 is 0 Å². The van der Waals surface area contributed by atoms with Crippen molar-refractivity contribution in [1.82, 2.24) is 5.32 Å². The molecule has 1 N–H and O–H groups in total. The third kappa shape index (κ3) is 3.74. The van der Waals surface area contributed by atoms with Crippen molar-refractivity contribution in [3.63, 3.8) is 0 Å². The summed E-state index contributed by atoms with van der Waals surface area (Å²) in [5.74, 6) is 1.14. The van der Waals surface area contributed by atoms with Gasteiger partial charge in [0.25, 0.3) is 0 Å². The monoisotopic (exact) mass is 265 g/mol. The molecule has 1 aromatic carbocycles. The van der Waals surface area contributed by atoms with Gasteiger partial charge in [0.2, 0.25) is 0 Å². The summed E-state index contributed by atoms with van der Waals surface area (Å²) in [6, 6.07) is 9.13. The first-order chi connectivity index (χ1) is 8.81. The summed E-state index contributed by atoms with van der Waals surface area (Å²) in [5.41, 5.74) is 2.81. The van der Waals surface area contributed by atoms with Crippen LogP contribution in [0.5, 0.6) is 0 Å². The summed E-state index contributed by atoms with van der Waals surface area (Å²) in [5, 5.41) is 4.22. The topological polar surface area (TPSA) is 21.3 Å². The van der Waals surface area contributed by atoms with E-state index in [9.17, 15) is 0 Å². The largest absolute Gasteiger partial charge is 0.381 e. The first-order valence-electron chi connectivity index (χ1n) is 6.73. The lowest BCUT2D eigenvalue weighted by Crippen LogP contribution is -2.23. The van der Waals surface area contributed by atoms with E-state index in [0.717, 1.165) is 24.2 Å². The molecule has 1 heterocycles. The second-order valence-electron chi connectivity index (χ2n) is 4.84. The Labute approximate surface area is 114 Å². The predicted octanol–water partition coefficient (Wildman–Crippen LogP) is 3.17. The summed E-state index contributed by atoms with van der Waals surface area (Å²) >= 11 is 2.09. The Morgan fingerprint density at radius 1 is 1.33 bits per heavy atom. The summed E-state index contributed by atoms with van der Waals surface area (Å²) in [7, 11) is 2.06. The molecular formula is C15H23NOS. The number of hydrogen-bond donors (Lipinski definition) is 1. The molecule has 1 saturated heterocycles. The second-order valence-corrected chi connectivity index (χ2v) is 6.18. The van der Waals surface area contributed by atoms with E-state index in [1.165, 1.54) is 24.0 Å². The molecule has 0 spiro atoms. The van der Waals surface area contributed by atoms with E-state index in [4.69, 9.17) is 4.74 Å². The minimum atomic E-state index is 0.457. The summed E-state index contributed by atoms with van der Waals surface area (Å²) in [6.07, 6.45) is 2.41. The van der Waals surface area contributed by atoms with Crippen LogP contribution in [0.1, 0.15) is 30.0 Å². The summed E-state index contributed by atoms with van der Waals surface area (Å²) < 4.78 is 5.41. The smallest absolute Gasteiger partial charge is 0.0476 e. The van der Waals surface area contributed by atoms with E-state index >= 15 is 0 Å². The van der Waals surface area contributed by atoms with Crippen LogP contribution in [0, 0.1) is 6.92 Å². The Hall–Kier alpha value is -0.510. The molecule has 1 aromatic rings.